The van der Waals surface area contributed by atoms with E-state index in [1.807, 2.05) is 6.08 Å². The third-order valence-corrected chi connectivity index (χ3v) is 19.3. The number of rotatable bonds is 77. The third kappa shape index (κ3) is 73.5. The summed E-state index contributed by atoms with van der Waals surface area (Å²) in [5.74, 6) is -0.0364. The Kier molecular flexibility index (Phi) is 75.8. The summed E-state index contributed by atoms with van der Waals surface area (Å²) >= 11 is 0. The van der Waals surface area contributed by atoms with Crippen LogP contribution in [0.1, 0.15) is 470 Å². The van der Waals surface area contributed by atoms with E-state index in [1.165, 1.54) is 405 Å². The number of carbonyl (C=O) groups is 2. The molecule has 0 aromatic heterocycles. The summed E-state index contributed by atoms with van der Waals surface area (Å²) in [6.07, 6.45) is 97.6. The number of esters is 1. The third-order valence-electron chi connectivity index (χ3n) is 19.3. The van der Waals surface area contributed by atoms with E-state index in [0.29, 0.717) is 19.4 Å². The normalized spacial score (nSPS) is 12.5. The van der Waals surface area contributed by atoms with E-state index in [0.717, 1.165) is 38.5 Å². The summed E-state index contributed by atoms with van der Waals surface area (Å²) in [5.41, 5.74) is 0. The van der Waals surface area contributed by atoms with Gasteiger partial charge in [0, 0.05) is 12.8 Å². The molecule has 0 heterocycles. The van der Waals surface area contributed by atoms with Crippen molar-refractivity contribution in [1.29, 1.82) is 0 Å². The Labute approximate surface area is 546 Å². The first-order chi connectivity index (χ1) is 43.0. The number of carbonyl (C=O) groups excluding carboxylic acids is 2. The number of amides is 1. The van der Waals surface area contributed by atoms with E-state index in [9.17, 15) is 19.8 Å². The van der Waals surface area contributed by atoms with Gasteiger partial charge in [0.25, 0.3) is 0 Å². The Hall–Kier alpha value is -1.40. The molecule has 0 bridgehead atoms. The van der Waals surface area contributed by atoms with Crippen LogP contribution in [-0.2, 0) is 14.3 Å². The average molecular weight is 1230 g/mol. The lowest BCUT2D eigenvalue weighted by molar-refractivity contribution is -0.143. The molecule has 3 N–H and O–H groups in total. The minimum Gasteiger partial charge on any atom is -0.466 e. The fourth-order valence-electron chi connectivity index (χ4n) is 13.2. The van der Waals surface area contributed by atoms with Crippen molar-refractivity contribution in [1.82, 2.24) is 5.32 Å². The molecule has 1 amide bonds. The predicted octanol–water partition coefficient (Wildman–Crippen LogP) is 26.7. The summed E-state index contributed by atoms with van der Waals surface area (Å²) in [6, 6.07) is -0.627. The maximum atomic E-state index is 12.6. The van der Waals surface area contributed by atoms with Crippen LogP contribution in [0.15, 0.2) is 12.2 Å². The zero-order chi connectivity index (χ0) is 62.8. The van der Waals surface area contributed by atoms with Gasteiger partial charge in [-0.25, -0.2) is 0 Å². The van der Waals surface area contributed by atoms with Gasteiger partial charge < -0.3 is 20.3 Å². The fraction of sp³-hybridized carbons (Fsp3) is 0.951. The Morgan fingerprint density at radius 3 is 0.782 bits per heavy atom. The monoisotopic (exact) mass is 1230 g/mol. The van der Waals surface area contributed by atoms with Crippen molar-refractivity contribution in [2.75, 3.05) is 13.2 Å². The number of ether oxygens (including phenoxy) is 1. The molecule has 2 unspecified atom stereocenters. The Morgan fingerprint density at radius 2 is 0.529 bits per heavy atom. The van der Waals surface area contributed by atoms with Crippen LogP contribution in [-0.4, -0.2) is 47.4 Å². The van der Waals surface area contributed by atoms with Crippen molar-refractivity contribution < 1.29 is 24.5 Å². The Morgan fingerprint density at radius 1 is 0.310 bits per heavy atom. The molecule has 6 heteroatoms. The minimum absolute atomic E-state index is 0.0232. The molecule has 518 valence electrons. The highest BCUT2D eigenvalue weighted by atomic mass is 16.5. The van der Waals surface area contributed by atoms with Crippen LogP contribution in [0.2, 0.25) is 0 Å². The first-order valence-electron chi connectivity index (χ1n) is 40.5. The van der Waals surface area contributed by atoms with Crippen molar-refractivity contribution in [3.63, 3.8) is 0 Å². The molecular weight excluding hydrogens is 1070 g/mol. The largest absolute Gasteiger partial charge is 0.466 e. The first kappa shape index (κ1) is 85.6. The van der Waals surface area contributed by atoms with E-state index in [2.05, 4.69) is 19.2 Å². The number of unbranched alkanes of at least 4 members (excludes halogenated alkanes) is 66. The highest BCUT2D eigenvalue weighted by Gasteiger charge is 2.18. The van der Waals surface area contributed by atoms with Crippen LogP contribution in [0.5, 0.6) is 0 Å². The van der Waals surface area contributed by atoms with Gasteiger partial charge in [0.1, 0.15) is 0 Å². The zero-order valence-electron chi connectivity index (χ0n) is 59.5. The van der Waals surface area contributed by atoms with Crippen LogP contribution >= 0.6 is 0 Å². The molecule has 0 spiro atoms. The highest BCUT2D eigenvalue weighted by molar-refractivity contribution is 5.76. The Balaban J connectivity index is 3.36. The van der Waals surface area contributed by atoms with Crippen molar-refractivity contribution in [3.05, 3.63) is 12.2 Å². The number of aliphatic hydroxyl groups excluding tert-OH is 2. The lowest BCUT2D eigenvalue weighted by atomic mass is 10.0. The summed E-state index contributed by atoms with van der Waals surface area (Å²) < 4.78 is 5.52. The molecule has 2 atom stereocenters. The van der Waals surface area contributed by atoms with Crippen molar-refractivity contribution >= 4 is 11.9 Å². The number of hydrogen-bond acceptors (Lipinski definition) is 5. The number of allylic oxidation sites excluding steroid dienone is 1. The Bertz CT molecular complexity index is 1320. The summed E-state index contributed by atoms with van der Waals surface area (Å²) in [6.45, 7) is 4.97. The molecule has 0 saturated heterocycles. The van der Waals surface area contributed by atoms with Gasteiger partial charge in [0.05, 0.1) is 25.4 Å². The van der Waals surface area contributed by atoms with Crippen LogP contribution in [0.25, 0.3) is 0 Å². The second kappa shape index (κ2) is 77.1. The zero-order valence-corrected chi connectivity index (χ0v) is 59.5. The van der Waals surface area contributed by atoms with Crippen molar-refractivity contribution in [2.24, 2.45) is 0 Å². The van der Waals surface area contributed by atoms with Gasteiger partial charge in [0.15, 0.2) is 0 Å². The molecule has 0 aliphatic carbocycles. The van der Waals surface area contributed by atoms with Gasteiger partial charge in [-0.3, -0.25) is 9.59 Å². The van der Waals surface area contributed by atoms with E-state index in [-0.39, 0.29) is 18.5 Å². The van der Waals surface area contributed by atoms with Crippen LogP contribution in [0, 0.1) is 0 Å². The number of aliphatic hydroxyl groups is 2. The van der Waals surface area contributed by atoms with Crippen molar-refractivity contribution in [2.45, 2.75) is 482 Å². The maximum Gasteiger partial charge on any atom is 0.305 e. The molecular formula is C81H159NO5. The average Bonchev–Trinajstić information content (AvgIpc) is 3.54. The summed E-state index contributed by atoms with van der Waals surface area (Å²) in [7, 11) is 0. The molecule has 0 aliphatic rings. The molecule has 0 rings (SSSR count). The lowest BCUT2D eigenvalue weighted by Gasteiger charge is -2.20. The van der Waals surface area contributed by atoms with Gasteiger partial charge in [-0.05, 0) is 32.1 Å². The van der Waals surface area contributed by atoms with Gasteiger partial charge in [-0.2, -0.15) is 0 Å². The molecule has 0 fully saturated rings. The summed E-state index contributed by atoms with van der Waals surface area (Å²) in [5, 5.41) is 23.3. The van der Waals surface area contributed by atoms with Crippen LogP contribution in [0.3, 0.4) is 0 Å². The molecule has 0 aromatic carbocycles. The molecule has 6 nitrogen and oxygen atoms in total. The second-order valence-corrected chi connectivity index (χ2v) is 28.1. The smallest absolute Gasteiger partial charge is 0.305 e. The van der Waals surface area contributed by atoms with Gasteiger partial charge in [-0.15, -0.1) is 0 Å². The standard InChI is InChI=1S/C81H159NO5/c1-3-5-7-9-11-13-15-17-19-21-23-24-25-28-31-34-38-41-45-49-53-57-61-65-69-73-79(84)78(77-83)82-80(85)74-70-66-62-58-54-50-46-42-39-35-32-29-26-27-30-33-36-40-44-48-52-56-60-64-68-72-76-87-81(86)75-71-67-63-59-55-51-47-43-37-22-20-18-16-14-12-10-8-6-4-2/h69,73,78-79,83-84H,3-68,70-72,74-77H2,1-2H3,(H,82,85)/b73-69+. The predicted molar refractivity (Wildman–Crippen MR) is 384 cm³/mol. The van der Waals surface area contributed by atoms with Gasteiger partial charge in [0.2, 0.25) is 5.91 Å². The SMILES string of the molecule is CCCCCCCCCCCCCCCCCCCCCCCCC/C=C/C(O)C(CO)NC(=O)CCCCCCCCCCCCCCCCCCCCCCCCCCCCOC(=O)CCCCCCCCCCCCCCCCCCCCC. The van der Waals surface area contributed by atoms with E-state index >= 15 is 0 Å². The van der Waals surface area contributed by atoms with Crippen molar-refractivity contribution in [3.8, 4) is 0 Å². The molecule has 0 radical (unpaired) electrons. The topological polar surface area (TPSA) is 95.9 Å². The minimum atomic E-state index is -0.844. The highest BCUT2D eigenvalue weighted by Crippen LogP contribution is 2.20. The van der Waals surface area contributed by atoms with Crippen LogP contribution in [0.4, 0.5) is 0 Å². The van der Waals surface area contributed by atoms with Gasteiger partial charge >= 0.3 is 5.97 Å². The second-order valence-electron chi connectivity index (χ2n) is 28.1. The number of hydrogen-bond donors (Lipinski definition) is 3. The molecule has 0 saturated carbocycles. The summed E-state index contributed by atoms with van der Waals surface area (Å²) in [4.78, 5) is 24.7. The molecule has 0 aliphatic heterocycles. The molecule has 0 aromatic rings. The quantitative estimate of drug-likeness (QED) is 0.0320. The lowest BCUT2D eigenvalue weighted by Crippen LogP contribution is -2.45. The maximum absolute atomic E-state index is 12.6. The fourth-order valence-corrected chi connectivity index (χ4v) is 13.2. The van der Waals surface area contributed by atoms with E-state index in [4.69, 9.17) is 4.74 Å². The number of nitrogens with one attached hydrogen (secondary N) is 1. The van der Waals surface area contributed by atoms with Gasteiger partial charge in [-0.1, -0.05) is 437 Å². The first-order valence-corrected chi connectivity index (χ1v) is 40.5. The molecule has 87 heavy (non-hydrogen) atoms. The van der Waals surface area contributed by atoms with E-state index in [1.54, 1.807) is 6.08 Å². The van der Waals surface area contributed by atoms with E-state index < -0.39 is 12.1 Å². The van der Waals surface area contributed by atoms with Crippen LogP contribution < -0.4 is 5.32 Å².